The molecule has 0 aliphatic rings. The van der Waals surface area contributed by atoms with E-state index in [0.29, 0.717) is 11.3 Å². The Bertz CT molecular complexity index is 494. The van der Waals surface area contributed by atoms with Gasteiger partial charge in [-0.3, -0.25) is 0 Å². The van der Waals surface area contributed by atoms with Gasteiger partial charge in [0.25, 0.3) is 0 Å². The molecule has 16 heavy (non-hydrogen) atoms. The largest absolute Gasteiger partial charge is 0.423 e. The van der Waals surface area contributed by atoms with Crippen LogP contribution in [0.4, 0.5) is 0 Å². The number of hydrogen-bond acceptors (Lipinski definition) is 2. The summed E-state index contributed by atoms with van der Waals surface area (Å²) in [5.74, 6) is 0.239. The van der Waals surface area contributed by atoms with E-state index in [-0.39, 0.29) is 5.97 Å². The minimum absolute atomic E-state index is 0.323. The van der Waals surface area contributed by atoms with Gasteiger partial charge < -0.3 is 4.74 Å². The van der Waals surface area contributed by atoms with Crippen LogP contribution in [0.3, 0.4) is 0 Å². The van der Waals surface area contributed by atoms with Gasteiger partial charge in [0.05, 0.1) is 5.56 Å². The van der Waals surface area contributed by atoms with Crippen molar-refractivity contribution in [2.45, 2.75) is 0 Å². The molecule has 2 nitrogen and oxygen atoms in total. The molecule has 3 heteroatoms. The minimum Gasteiger partial charge on any atom is -0.423 e. The third-order valence-electron chi connectivity index (χ3n) is 2.05. The van der Waals surface area contributed by atoms with Crippen LogP contribution in [-0.4, -0.2) is 5.97 Å². The zero-order valence-corrected chi connectivity index (χ0v) is 10.5. The van der Waals surface area contributed by atoms with Crippen molar-refractivity contribution in [2.75, 3.05) is 0 Å². The summed E-state index contributed by atoms with van der Waals surface area (Å²) < 4.78 is 6.13. The lowest BCUT2D eigenvalue weighted by atomic mass is 10.2. The Kier molecular flexibility index (Phi) is 3.56. The van der Waals surface area contributed by atoms with Crippen molar-refractivity contribution in [3.63, 3.8) is 0 Å². The Morgan fingerprint density at radius 3 is 2.25 bits per heavy atom. The van der Waals surface area contributed by atoms with E-state index in [0.717, 1.165) is 3.57 Å². The molecule has 0 N–H and O–H groups in total. The van der Waals surface area contributed by atoms with E-state index in [4.69, 9.17) is 4.74 Å². The monoisotopic (exact) mass is 324 g/mol. The molecule has 2 aromatic carbocycles. The maximum atomic E-state index is 11.8. The summed E-state index contributed by atoms with van der Waals surface area (Å²) in [6.07, 6.45) is 0. The highest BCUT2D eigenvalue weighted by molar-refractivity contribution is 14.1. The highest BCUT2D eigenvalue weighted by Gasteiger charge is 2.10. The van der Waals surface area contributed by atoms with Crippen LogP contribution in [0.15, 0.2) is 54.6 Å². The predicted molar refractivity (Wildman–Crippen MR) is 70.6 cm³/mol. The van der Waals surface area contributed by atoms with Crippen LogP contribution in [0.25, 0.3) is 0 Å². The first-order valence-electron chi connectivity index (χ1n) is 4.79. The van der Waals surface area contributed by atoms with E-state index >= 15 is 0 Å². The Morgan fingerprint density at radius 1 is 0.938 bits per heavy atom. The van der Waals surface area contributed by atoms with E-state index in [2.05, 4.69) is 22.6 Å². The second kappa shape index (κ2) is 5.12. The summed E-state index contributed by atoms with van der Waals surface area (Å²) in [5.41, 5.74) is 0.590. The number of esters is 1. The molecule has 0 unspecified atom stereocenters. The molecule has 0 amide bonds. The number of hydrogen-bond donors (Lipinski definition) is 0. The Labute approximate surface area is 107 Å². The third kappa shape index (κ3) is 2.61. The molecule has 0 aliphatic carbocycles. The number of halogens is 1. The quantitative estimate of drug-likeness (QED) is 0.480. The molecular weight excluding hydrogens is 315 g/mol. The van der Waals surface area contributed by atoms with Gasteiger partial charge in [0.15, 0.2) is 0 Å². The lowest BCUT2D eigenvalue weighted by Gasteiger charge is -2.05. The van der Waals surface area contributed by atoms with Gasteiger partial charge in [-0.25, -0.2) is 4.79 Å². The summed E-state index contributed by atoms with van der Waals surface area (Å²) in [4.78, 5) is 11.8. The van der Waals surface area contributed by atoms with Crippen LogP contribution < -0.4 is 4.74 Å². The van der Waals surface area contributed by atoms with Gasteiger partial charge in [-0.15, -0.1) is 0 Å². The fourth-order valence-corrected chi connectivity index (χ4v) is 1.88. The second-order valence-corrected chi connectivity index (χ2v) is 4.34. The third-order valence-corrected chi connectivity index (χ3v) is 2.99. The van der Waals surface area contributed by atoms with Crippen LogP contribution in [-0.2, 0) is 0 Å². The van der Waals surface area contributed by atoms with Crippen LogP contribution in [0.1, 0.15) is 10.4 Å². The SMILES string of the molecule is O=C(Oc1ccccc1)c1ccccc1I. The molecule has 0 aromatic heterocycles. The highest BCUT2D eigenvalue weighted by atomic mass is 127. The molecule has 0 spiro atoms. The van der Waals surface area contributed by atoms with Crippen LogP contribution in [0.5, 0.6) is 5.75 Å². The molecule has 2 rings (SSSR count). The molecule has 0 radical (unpaired) electrons. The molecule has 2 aromatic rings. The molecule has 0 aliphatic heterocycles. The lowest BCUT2D eigenvalue weighted by Crippen LogP contribution is -2.09. The van der Waals surface area contributed by atoms with Crippen LogP contribution in [0, 0.1) is 3.57 Å². The average Bonchev–Trinajstić information content (AvgIpc) is 2.31. The van der Waals surface area contributed by atoms with E-state index in [1.807, 2.05) is 36.4 Å². The summed E-state index contributed by atoms with van der Waals surface area (Å²) in [7, 11) is 0. The van der Waals surface area contributed by atoms with E-state index < -0.39 is 0 Å². The van der Waals surface area contributed by atoms with Gasteiger partial charge in [0.2, 0.25) is 0 Å². The van der Waals surface area contributed by atoms with E-state index in [9.17, 15) is 4.79 Å². The van der Waals surface area contributed by atoms with Gasteiger partial charge in [-0.1, -0.05) is 30.3 Å². The molecule has 0 fully saturated rings. The van der Waals surface area contributed by atoms with Gasteiger partial charge in [0.1, 0.15) is 5.75 Å². The molecule has 0 saturated carbocycles. The first-order chi connectivity index (χ1) is 7.77. The lowest BCUT2D eigenvalue weighted by molar-refractivity contribution is 0.0733. The summed E-state index contributed by atoms with van der Waals surface area (Å²) in [6, 6.07) is 16.4. The van der Waals surface area contributed by atoms with Gasteiger partial charge in [0, 0.05) is 3.57 Å². The first kappa shape index (κ1) is 11.1. The molecular formula is C13H9IO2. The zero-order valence-electron chi connectivity index (χ0n) is 8.39. The Hall–Kier alpha value is -1.36. The van der Waals surface area contributed by atoms with Crippen molar-refractivity contribution in [3.05, 3.63) is 63.7 Å². The molecule has 0 bridgehead atoms. The van der Waals surface area contributed by atoms with Gasteiger partial charge >= 0.3 is 5.97 Å². The van der Waals surface area contributed by atoms with Crippen molar-refractivity contribution in [1.29, 1.82) is 0 Å². The smallest absolute Gasteiger partial charge is 0.344 e. The van der Waals surface area contributed by atoms with Crippen LogP contribution >= 0.6 is 22.6 Å². The van der Waals surface area contributed by atoms with Gasteiger partial charge in [-0.2, -0.15) is 0 Å². The normalized spacial score (nSPS) is 9.81. The Balaban J connectivity index is 2.19. The topological polar surface area (TPSA) is 26.3 Å². The molecule has 80 valence electrons. The maximum Gasteiger partial charge on any atom is 0.344 e. The van der Waals surface area contributed by atoms with Crippen molar-refractivity contribution < 1.29 is 9.53 Å². The fourth-order valence-electron chi connectivity index (χ4n) is 1.28. The number of ether oxygens (including phenoxy) is 1. The maximum absolute atomic E-state index is 11.8. The summed E-state index contributed by atoms with van der Waals surface area (Å²) in [5, 5.41) is 0. The van der Waals surface area contributed by atoms with Crippen molar-refractivity contribution in [2.24, 2.45) is 0 Å². The number of rotatable bonds is 2. The van der Waals surface area contributed by atoms with E-state index in [1.54, 1.807) is 18.2 Å². The average molecular weight is 324 g/mol. The number of carbonyl (C=O) groups is 1. The van der Waals surface area contributed by atoms with Crippen molar-refractivity contribution >= 4 is 28.6 Å². The zero-order chi connectivity index (χ0) is 11.4. The first-order valence-corrected chi connectivity index (χ1v) is 5.87. The number of carbonyl (C=O) groups excluding carboxylic acids is 1. The van der Waals surface area contributed by atoms with Crippen LogP contribution in [0.2, 0.25) is 0 Å². The number of para-hydroxylation sites is 1. The van der Waals surface area contributed by atoms with E-state index in [1.165, 1.54) is 0 Å². The standard InChI is InChI=1S/C13H9IO2/c14-12-9-5-4-8-11(12)13(15)16-10-6-2-1-3-7-10/h1-9H. The van der Waals surface area contributed by atoms with Crippen molar-refractivity contribution in [1.82, 2.24) is 0 Å². The molecule has 0 atom stereocenters. The Morgan fingerprint density at radius 2 is 1.56 bits per heavy atom. The fraction of sp³-hybridized carbons (Fsp3) is 0. The predicted octanol–water partition coefficient (Wildman–Crippen LogP) is 3.51. The highest BCUT2D eigenvalue weighted by Crippen LogP contribution is 2.15. The molecule has 0 heterocycles. The summed E-state index contributed by atoms with van der Waals surface area (Å²) in [6.45, 7) is 0. The van der Waals surface area contributed by atoms with Crippen molar-refractivity contribution in [3.8, 4) is 5.75 Å². The molecule has 0 saturated heterocycles. The summed E-state index contributed by atoms with van der Waals surface area (Å²) >= 11 is 2.12. The minimum atomic E-state index is -0.323. The number of benzene rings is 2. The van der Waals surface area contributed by atoms with Gasteiger partial charge in [-0.05, 0) is 46.9 Å². The second-order valence-electron chi connectivity index (χ2n) is 3.18.